The van der Waals surface area contributed by atoms with Gasteiger partial charge in [0.25, 0.3) is 11.8 Å². The maximum Gasteiger partial charge on any atom is 0.276 e. The average Bonchev–Trinajstić information content (AvgIpc) is 3.00. The molecule has 0 saturated heterocycles. The van der Waals surface area contributed by atoms with E-state index in [4.69, 9.17) is 4.74 Å². The van der Waals surface area contributed by atoms with Gasteiger partial charge in [-0.2, -0.15) is 0 Å². The van der Waals surface area contributed by atoms with Crippen molar-refractivity contribution in [1.29, 1.82) is 0 Å². The number of hydrogen-bond acceptors (Lipinski definition) is 4. The van der Waals surface area contributed by atoms with Crippen molar-refractivity contribution in [2.24, 2.45) is 0 Å². The van der Waals surface area contributed by atoms with Crippen molar-refractivity contribution in [3.8, 4) is 5.75 Å². The molecule has 6 nitrogen and oxygen atoms in total. The van der Waals surface area contributed by atoms with Crippen LogP contribution in [0.15, 0.2) is 71.2 Å². The molecule has 144 valence electrons. The molecule has 2 heterocycles. The Hall–Kier alpha value is -3.32. The van der Waals surface area contributed by atoms with Gasteiger partial charge in [-0.05, 0) is 54.6 Å². The quantitative estimate of drug-likeness (QED) is 0.610. The van der Waals surface area contributed by atoms with Gasteiger partial charge < -0.3 is 15.4 Å². The second-order valence-corrected chi connectivity index (χ2v) is 7.78. The topological polar surface area (TPSA) is 70.7 Å². The Morgan fingerprint density at radius 1 is 0.966 bits per heavy atom. The molecule has 0 aromatic heterocycles. The molecule has 0 saturated carbocycles. The molecule has 0 aliphatic carbocycles. The number of methoxy groups -OCH3 is 1. The van der Waals surface area contributed by atoms with Gasteiger partial charge in [0.2, 0.25) is 5.66 Å². The van der Waals surface area contributed by atoms with Gasteiger partial charge >= 0.3 is 0 Å². The second-order valence-electron chi connectivity index (χ2n) is 6.86. The molecule has 2 aliphatic rings. The fourth-order valence-corrected chi connectivity index (χ4v) is 4.31. The number of amides is 2. The third-order valence-corrected chi connectivity index (χ3v) is 5.78. The van der Waals surface area contributed by atoms with Gasteiger partial charge in [-0.1, -0.05) is 28.1 Å². The smallest absolute Gasteiger partial charge is 0.276 e. The average molecular weight is 450 g/mol. The van der Waals surface area contributed by atoms with E-state index in [1.165, 1.54) is 4.90 Å². The molecule has 1 atom stereocenters. The molecular formula is C22H16BrN3O3. The highest BCUT2D eigenvalue weighted by Crippen LogP contribution is 2.48. The predicted molar refractivity (Wildman–Crippen MR) is 114 cm³/mol. The molecule has 3 aromatic carbocycles. The molecule has 0 radical (unpaired) electrons. The normalized spacial score (nSPS) is 19.4. The van der Waals surface area contributed by atoms with Crippen LogP contribution in [0, 0.1) is 0 Å². The number of rotatable bonds is 2. The first-order valence-electron chi connectivity index (χ1n) is 9.02. The summed E-state index contributed by atoms with van der Waals surface area (Å²) in [5.74, 6) is 0.0939. The Kier molecular flexibility index (Phi) is 3.89. The molecular weight excluding hydrogens is 434 g/mol. The second kappa shape index (κ2) is 6.35. The van der Waals surface area contributed by atoms with Crippen LogP contribution >= 0.6 is 15.9 Å². The Morgan fingerprint density at radius 3 is 2.48 bits per heavy atom. The van der Waals surface area contributed by atoms with Gasteiger partial charge in [-0.3, -0.25) is 14.5 Å². The van der Waals surface area contributed by atoms with Gasteiger partial charge in [0, 0.05) is 27.1 Å². The third-order valence-electron chi connectivity index (χ3n) is 5.29. The molecule has 2 amide bonds. The van der Waals surface area contributed by atoms with Crippen LogP contribution in [0.2, 0.25) is 0 Å². The lowest BCUT2D eigenvalue weighted by Gasteiger charge is -2.44. The summed E-state index contributed by atoms with van der Waals surface area (Å²) in [6, 6.07) is 19.8. The number of halogens is 1. The lowest BCUT2D eigenvalue weighted by molar-refractivity contribution is -0.119. The number of anilines is 3. The van der Waals surface area contributed by atoms with Crippen molar-refractivity contribution in [2.45, 2.75) is 5.66 Å². The number of fused-ring (bicyclic) bond motifs is 3. The van der Waals surface area contributed by atoms with Crippen molar-refractivity contribution in [1.82, 2.24) is 0 Å². The predicted octanol–water partition coefficient (Wildman–Crippen LogP) is 4.34. The fraction of sp³-hybridized carbons (Fsp3) is 0.0909. The highest BCUT2D eigenvalue weighted by molar-refractivity contribution is 9.10. The van der Waals surface area contributed by atoms with Gasteiger partial charge in [-0.25, -0.2) is 0 Å². The van der Waals surface area contributed by atoms with Gasteiger partial charge in [0.1, 0.15) is 5.75 Å². The van der Waals surface area contributed by atoms with E-state index in [0.717, 1.165) is 4.47 Å². The van der Waals surface area contributed by atoms with Crippen LogP contribution in [0.1, 0.15) is 15.9 Å². The fourth-order valence-electron chi connectivity index (χ4n) is 3.95. The summed E-state index contributed by atoms with van der Waals surface area (Å²) in [5.41, 5.74) is 1.64. The maximum absolute atomic E-state index is 13.6. The minimum absolute atomic E-state index is 0.257. The van der Waals surface area contributed by atoms with E-state index in [1.807, 2.05) is 36.4 Å². The van der Waals surface area contributed by atoms with E-state index in [-0.39, 0.29) is 11.8 Å². The highest BCUT2D eigenvalue weighted by atomic mass is 79.9. The summed E-state index contributed by atoms with van der Waals surface area (Å²) in [6.07, 6.45) is 0. The van der Waals surface area contributed by atoms with Crippen molar-refractivity contribution in [3.63, 3.8) is 0 Å². The SMILES string of the molecule is COc1ccc(N2C(=O)c3ccccc3N[C@]23C(=O)Nc2ccc(Br)cc23)cc1. The third kappa shape index (κ3) is 2.47. The van der Waals surface area contributed by atoms with Gasteiger partial charge in [-0.15, -0.1) is 0 Å². The van der Waals surface area contributed by atoms with E-state index in [0.29, 0.717) is 33.9 Å². The van der Waals surface area contributed by atoms with Crippen LogP contribution < -0.4 is 20.3 Å². The molecule has 5 rings (SSSR count). The van der Waals surface area contributed by atoms with Crippen LogP contribution in [-0.2, 0) is 10.5 Å². The Morgan fingerprint density at radius 2 is 1.72 bits per heavy atom. The van der Waals surface area contributed by atoms with E-state index < -0.39 is 5.66 Å². The van der Waals surface area contributed by atoms with Crippen molar-refractivity contribution in [2.75, 3.05) is 22.6 Å². The lowest BCUT2D eigenvalue weighted by atomic mass is 9.92. The van der Waals surface area contributed by atoms with E-state index in [9.17, 15) is 9.59 Å². The number of carbonyl (C=O) groups is 2. The number of hydrogen-bond donors (Lipinski definition) is 2. The zero-order valence-electron chi connectivity index (χ0n) is 15.4. The summed E-state index contributed by atoms with van der Waals surface area (Å²) >= 11 is 3.49. The number of benzene rings is 3. The first kappa shape index (κ1) is 17.8. The summed E-state index contributed by atoms with van der Waals surface area (Å²) in [6.45, 7) is 0. The van der Waals surface area contributed by atoms with Gasteiger partial charge in [0.15, 0.2) is 0 Å². The van der Waals surface area contributed by atoms with Crippen LogP contribution in [0.25, 0.3) is 0 Å². The first-order valence-corrected chi connectivity index (χ1v) is 9.81. The van der Waals surface area contributed by atoms with E-state index in [2.05, 4.69) is 26.6 Å². The number of ether oxygens (including phenoxy) is 1. The number of carbonyl (C=O) groups excluding carboxylic acids is 2. The number of nitrogens with one attached hydrogen (secondary N) is 2. The summed E-state index contributed by atoms with van der Waals surface area (Å²) < 4.78 is 6.06. The van der Waals surface area contributed by atoms with Crippen molar-refractivity contribution >= 4 is 44.8 Å². The van der Waals surface area contributed by atoms with Crippen LogP contribution in [0.3, 0.4) is 0 Å². The monoisotopic (exact) mass is 449 g/mol. The number of para-hydroxylation sites is 1. The Labute approximate surface area is 175 Å². The molecule has 3 aromatic rings. The maximum atomic E-state index is 13.6. The Balaban J connectivity index is 1.79. The largest absolute Gasteiger partial charge is 0.497 e. The minimum Gasteiger partial charge on any atom is -0.497 e. The molecule has 2 aliphatic heterocycles. The summed E-state index contributed by atoms with van der Waals surface area (Å²) in [7, 11) is 1.58. The van der Waals surface area contributed by atoms with Crippen molar-refractivity contribution < 1.29 is 14.3 Å². The molecule has 1 spiro atoms. The molecule has 7 heteroatoms. The summed E-state index contributed by atoms with van der Waals surface area (Å²) in [4.78, 5) is 28.5. The molecule has 2 N–H and O–H groups in total. The van der Waals surface area contributed by atoms with Gasteiger partial charge in [0.05, 0.1) is 12.7 Å². The van der Waals surface area contributed by atoms with Crippen molar-refractivity contribution in [3.05, 3.63) is 82.3 Å². The zero-order valence-corrected chi connectivity index (χ0v) is 17.0. The molecule has 29 heavy (non-hydrogen) atoms. The van der Waals surface area contributed by atoms with E-state index >= 15 is 0 Å². The highest BCUT2D eigenvalue weighted by Gasteiger charge is 2.57. The number of nitrogens with zero attached hydrogens (tertiary/aromatic N) is 1. The van der Waals surface area contributed by atoms with E-state index in [1.54, 1.807) is 37.4 Å². The minimum atomic E-state index is -1.40. The van der Waals surface area contributed by atoms with Crippen LogP contribution in [-0.4, -0.2) is 18.9 Å². The standard InChI is InChI=1S/C22H16BrN3O3/c1-29-15-9-7-14(8-10-15)26-20(27)16-4-2-3-5-18(16)25-22(26)17-12-13(23)6-11-19(17)24-21(22)28/h2-12,25H,1H3,(H,24,28)/t22-/m0/s1. The molecule has 0 bridgehead atoms. The summed E-state index contributed by atoms with van der Waals surface area (Å²) in [5, 5.41) is 6.27. The lowest BCUT2D eigenvalue weighted by Crippen LogP contribution is -2.61. The van der Waals surface area contributed by atoms with Crippen LogP contribution in [0.4, 0.5) is 17.1 Å². The molecule has 0 fully saturated rings. The Bertz CT molecular complexity index is 1160. The molecule has 0 unspecified atom stereocenters. The van der Waals surface area contributed by atoms with Crippen LogP contribution in [0.5, 0.6) is 5.75 Å². The zero-order chi connectivity index (χ0) is 20.2. The first-order chi connectivity index (χ1) is 14.0.